The van der Waals surface area contributed by atoms with Crippen molar-refractivity contribution in [1.82, 2.24) is 5.32 Å². The van der Waals surface area contributed by atoms with E-state index in [0.29, 0.717) is 6.54 Å². The van der Waals surface area contributed by atoms with Gasteiger partial charge in [0.05, 0.1) is 33.4 Å². The van der Waals surface area contributed by atoms with E-state index in [-0.39, 0.29) is 22.1 Å². The average molecular weight is 496 g/mol. The Balaban J connectivity index is 1.70. The smallest absolute Gasteiger partial charge is 0.350 e. The van der Waals surface area contributed by atoms with Crippen LogP contribution in [0.5, 0.6) is 0 Å². The molecule has 3 aromatic rings. The summed E-state index contributed by atoms with van der Waals surface area (Å²) in [5.41, 5.74) is -2.11. The molecule has 12 heteroatoms. The Labute approximate surface area is 194 Å². The van der Waals surface area contributed by atoms with E-state index in [4.69, 9.17) is 0 Å². The number of halogens is 3. The molecule has 0 atom stereocenters. The Bertz CT molecular complexity index is 1170. The third-order valence-corrected chi connectivity index (χ3v) is 6.24. The molecule has 7 nitrogen and oxygen atoms in total. The molecule has 0 aliphatic heterocycles. The largest absolute Gasteiger partial charge is 0.418 e. The normalized spacial score (nSPS) is 11.1. The van der Waals surface area contributed by atoms with Crippen molar-refractivity contribution in [3.05, 3.63) is 86.1 Å². The van der Waals surface area contributed by atoms with Gasteiger partial charge in [0.15, 0.2) is 0 Å². The van der Waals surface area contributed by atoms with Gasteiger partial charge in [-0.3, -0.25) is 19.7 Å². The zero-order valence-corrected chi connectivity index (χ0v) is 18.4. The molecule has 0 saturated heterocycles. The van der Waals surface area contributed by atoms with Crippen molar-refractivity contribution in [2.24, 2.45) is 0 Å². The number of thioether (sulfide) groups is 1. The first kappa shape index (κ1) is 24.3. The molecule has 0 fully saturated rings. The number of rotatable bonds is 8. The quantitative estimate of drug-likeness (QED) is 0.250. The van der Waals surface area contributed by atoms with Crippen LogP contribution in [0.2, 0.25) is 0 Å². The number of alkyl halides is 3. The Morgan fingerprint density at radius 3 is 2.52 bits per heavy atom. The van der Waals surface area contributed by atoms with Crippen LogP contribution < -0.4 is 10.6 Å². The molecule has 0 bridgehead atoms. The lowest BCUT2D eigenvalue weighted by Gasteiger charge is -2.13. The van der Waals surface area contributed by atoms with Crippen LogP contribution in [0.4, 0.5) is 24.5 Å². The van der Waals surface area contributed by atoms with Crippen LogP contribution in [0.1, 0.15) is 20.8 Å². The van der Waals surface area contributed by atoms with Crippen LogP contribution >= 0.6 is 23.1 Å². The fourth-order valence-electron chi connectivity index (χ4n) is 2.75. The van der Waals surface area contributed by atoms with E-state index in [1.165, 1.54) is 35.6 Å². The number of nitrogens with zero attached hydrogens (tertiary/aromatic N) is 1. The number of carbonyl (C=O) groups is 2. The highest BCUT2D eigenvalue weighted by atomic mass is 32.2. The second-order valence-corrected chi connectivity index (χ2v) is 8.63. The molecule has 1 aromatic heterocycles. The highest BCUT2D eigenvalue weighted by Gasteiger charge is 2.33. The zero-order chi connectivity index (χ0) is 24.0. The summed E-state index contributed by atoms with van der Waals surface area (Å²) in [6.07, 6.45) is -4.68. The van der Waals surface area contributed by atoms with Crippen LogP contribution in [0.3, 0.4) is 0 Å². The number of nitrogens with one attached hydrogen (secondary N) is 2. The van der Waals surface area contributed by atoms with Crippen molar-refractivity contribution >= 4 is 46.3 Å². The average Bonchev–Trinajstić information content (AvgIpc) is 3.29. The van der Waals surface area contributed by atoms with Crippen molar-refractivity contribution < 1.29 is 27.7 Å². The molecule has 2 amide bonds. The van der Waals surface area contributed by atoms with Crippen molar-refractivity contribution in [3.8, 4) is 0 Å². The SMILES string of the molecule is O=C(CSc1ccc(C(=O)Nc2ccccc2C(F)(F)F)cc1[N+](=O)[O-])NCc1cccs1. The number of benzene rings is 2. The molecule has 2 aromatic carbocycles. The topological polar surface area (TPSA) is 101 Å². The molecule has 0 spiro atoms. The maximum Gasteiger partial charge on any atom is 0.418 e. The monoisotopic (exact) mass is 495 g/mol. The summed E-state index contributed by atoms with van der Waals surface area (Å²) in [6.45, 7) is 0.345. The molecule has 0 saturated carbocycles. The number of nitro benzene ring substituents is 1. The maximum absolute atomic E-state index is 13.1. The van der Waals surface area contributed by atoms with Crippen molar-refractivity contribution in [2.45, 2.75) is 17.6 Å². The van der Waals surface area contributed by atoms with Gasteiger partial charge in [-0.2, -0.15) is 13.2 Å². The fourth-order valence-corrected chi connectivity index (χ4v) is 4.23. The Kier molecular flexibility index (Phi) is 7.71. The number of hydrogen-bond donors (Lipinski definition) is 2. The van der Waals surface area contributed by atoms with Crippen LogP contribution in [0, 0.1) is 10.1 Å². The molecule has 33 heavy (non-hydrogen) atoms. The molecule has 0 radical (unpaired) electrons. The Morgan fingerprint density at radius 1 is 1.09 bits per heavy atom. The summed E-state index contributed by atoms with van der Waals surface area (Å²) in [5, 5.41) is 18.2. The van der Waals surface area contributed by atoms with Crippen LogP contribution in [0.15, 0.2) is 64.9 Å². The minimum absolute atomic E-state index is 0.0866. The van der Waals surface area contributed by atoms with Gasteiger partial charge in [-0.1, -0.05) is 18.2 Å². The molecule has 0 aliphatic carbocycles. The van der Waals surface area contributed by atoms with Crippen molar-refractivity contribution in [3.63, 3.8) is 0 Å². The number of nitro groups is 1. The summed E-state index contributed by atoms with van der Waals surface area (Å²) in [7, 11) is 0. The van der Waals surface area contributed by atoms with Gasteiger partial charge in [0, 0.05) is 16.5 Å². The number of amides is 2. The van der Waals surface area contributed by atoms with Crippen LogP contribution in [0.25, 0.3) is 0 Å². The summed E-state index contributed by atoms with van der Waals surface area (Å²) in [6, 6.07) is 11.7. The van der Waals surface area contributed by atoms with Gasteiger partial charge in [-0.05, 0) is 35.7 Å². The first-order chi connectivity index (χ1) is 15.6. The zero-order valence-electron chi connectivity index (χ0n) is 16.7. The molecule has 2 N–H and O–H groups in total. The fraction of sp³-hybridized carbons (Fsp3) is 0.143. The second kappa shape index (κ2) is 10.5. The Hall–Kier alpha value is -3.38. The van der Waals surface area contributed by atoms with Gasteiger partial charge in [0.1, 0.15) is 0 Å². The molecular weight excluding hydrogens is 479 g/mol. The van der Waals surface area contributed by atoms with E-state index < -0.39 is 33.9 Å². The molecule has 0 unspecified atom stereocenters. The predicted molar refractivity (Wildman–Crippen MR) is 119 cm³/mol. The highest BCUT2D eigenvalue weighted by Crippen LogP contribution is 2.35. The third-order valence-electron chi connectivity index (χ3n) is 4.30. The number of para-hydroxylation sites is 1. The van der Waals surface area contributed by atoms with Gasteiger partial charge in [0.25, 0.3) is 11.6 Å². The number of thiophene rings is 1. The van der Waals surface area contributed by atoms with Crippen molar-refractivity contribution in [1.29, 1.82) is 0 Å². The van der Waals surface area contributed by atoms with Gasteiger partial charge >= 0.3 is 6.18 Å². The first-order valence-corrected chi connectivity index (χ1v) is 11.2. The standard InChI is InChI=1S/C21H16F3N3O4S2/c22-21(23,24)15-5-1-2-6-16(15)26-20(29)13-7-8-18(17(10-13)27(30)31)33-12-19(28)25-11-14-4-3-9-32-14/h1-10H,11-12H2,(H,25,28)(H,26,29). The number of hydrogen-bond acceptors (Lipinski definition) is 6. The van der Waals surface area contributed by atoms with Crippen LogP contribution in [-0.4, -0.2) is 22.5 Å². The molecule has 172 valence electrons. The molecule has 3 rings (SSSR count). The highest BCUT2D eigenvalue weighted by molar-refractivity contribution is 8.00. The minimum Gasteiger partial charge on any atom is -0.350 e. The minimum atomic E-state index is -4.68. The maximum atomic E-state index is 13.1. The third kappa shape index (κ3) is 6.56. The summed E-state index contributed by atoms with van der Waals surface area (Å²) in [4.78, 5) is 36.4. The van der Waals surface area contributed by atoms with Gasteiger partial charge in [-0.25, -0.2) is 0 Å². The van der Waals surface area contributed by atoms with E-state index >= 15 is 0 Å². The van der Waals surface area contributed by atoms with E-state index in [2.05, 4.69) is 10.6 Å². The van der Waals surface area contributed by atoms with Gasteiger partial charge < -0.3 is 10.6 Å². The van der Waals surface area contributed by atoms with E-state index in [1.807, 2.05) is 17.5 Å². The molecular formula is C21H16F3N3O4S2. The summed E-state index contributed by atoms with van der Waals surface area (Å²) < 4.78 is 39.4. The number of anilines is 1. The van der Waals surface area contributed by atoms with E-state index in [1.54, 1.807) is 0 Å². The van der Waals surface area contributed by atoms with Crippen molar-refractivity contribution in [2.75, 3.05) is 11.1 Å². The first-order valence-electron chi connectivity index (χ1n) is 9.33. The lowest BCUT2D eigenvalue weighted by Crippen LogP contribution is -2.24. The molecule has 0 aliphatic rings. The lowest BCUT2D eigenvalue weighted by molar-refractivity contribution is -0.387. The lowest BCUT2D eigenvalue weighted by atomic mass is 10.1. The number of carbonyl (C=O) groups excluding carboxylic acids is 2. The summed E-state index contributed by atoms with van der Waals surface area (Å²) >= 11 is 2.40. The Morgan fingerprint density at radius 2 is 1.85 bits per heavy atom. The van der Waals surface area contributed by atoms with Gasteiger partial charge in [0.2, 0.25) is 5.91 Å². The van der Waals surface area contributed by atoms with E-state index in [0.717, 1.165) is 34.8 Å². The van der Waals surface area contributed by atoms with Gasteiger partial charge in [-0.15, -0.1) is 23.1 Å². The van der Waals surface area contributed by atoms with E-state index in [9.17, 15) is 32.9 Å². The molecule has 1 heterocycles. The summed E-state index contributed by atoms with van der Waals surface area (Å²) in [5.74, 6) is -1.34. The second-order valence-electron chi connectivity index (χ2n) is 6.58. The van der Waals surface area contributed by atoms with Crippen LogP contribution in [-0.2, 0) is 17.5 Å². The predicted octanol–water partition coefficient (Wildman–Crippen LogP) is 5.34.